The minimum absolute atomic E-state index is 0.167. The molecule has 1 fully saturated rings. The van der Waals surface area contributed by atoms with E-state index in [1.165, 1.54) is 6.07 Å². The molecule has 5 nitrogen and oxygen atoms in total. The molecule has 2 aliphatic rings. The lowest BCUT2D eigenvalue weighted by Gasteiger charge is -2.23. The van der Waals surface area contributed by atoms with Gasteiger partial charge in [0.25, 0.3) is 0 Å². The summed E-state index contributed by atoms with van der Waals surface area (Å²) in [6, 6.07) is 8.77. The number of carbonyl (C=O) groups excluding carboxylic acids is 1. The second-order valence-electron chi connectivity index (χ2n) is 6.56. The Morgan fingerprint density at radius 3 is 2.67 bits per heavy atom. The fourth-order valence-electron chi connectivity index (χ4n) is 3.78. The number of halogens is 2. The zero-order valence-corrected chi connectivity index (χ0v) is 14.7. The van der Waals surface area contributed by atoms with Crippen molar-refractivity contribution < 1.29 is 27.8 Å². The van der Waals surface area contributed by atoms with E-state index in [4.69, 9.17) is 14.2 Å². The number of esters is 1. The van der Waals surface area contributed by atoms with Gasteiger partial charge in [-0.15, -0.1) is 0 Å². The van der Waals surface area contributed by atoms with Crippen molar-refractivity contribution in [2.24, 2.45) is 5.92 Å². The van der Waals surface area contributed by atoms with Gasteiger partial charge < -0.3 is 19.5 Å². The molecule has 1 saturated heterocycles. The van der Waals surface area contributed by atoms with Crippen LogP contribution in [0.4, 0.5) is 8.78 Å². The van der Waals surface area contributed by atoms with E-state index in [2.05, 4.69) is 5.32 Å². The van der Waals surface area contributed by atoms with E-state index < -0.39 is 23.6 Å². The molecule has 3 unspecified atom stereocenters. The lowest BCUT2D eigenvalue weighted by atomic mass is 9.82. The average molecular weight is 375 g/mol. The number of rotatable bonds is 4. The molecule has 1 N–H and O–H groups in total. The van der Waals surface area contributed by atoms with E-state index in [1.54, 1.807) is 6.92 Å². The van der Waals surface area contributed by atoms with Gasteiger partial charge in [-0.3, -0.25) is 4.79 Å². The van der Waals surface area contributed by atoms with Crippen LogP contribution >= 0.6 is 0 Å². The van der Waals surface area contributed by atoms with Crippen molar-refractivity contribution in [3.8, 4) is 11.5 Å². The lowest BCUT2D eigenvalue weighted by molar-refractivity contribution is -0.148. The van der Waals surface area contributed by atoms with E-state index in [0.29, 0.717) is 23.6 Å². The largest absolute Gasteiger partial charge is 0.466 e. The van der Waals surface area contributed by atoms with Crippen molar-refractivity contribution in [2.45, 2.75) is 18.9 Å². The normalized spacial score (nSPS) is 23.4. The minimum Gasteiger partial charge on any atom is -0.466 e. The monoisotopic (exact) mass is 375 g/mol. The quantitative estimate of drug-likeness (QED) is 0.831. The van der Waals surface area contributed by atoms with Crippen LogP contribution in [0, 0.1) is 17.6 Å². The Bertz CT molecular complexity index is 873. The van der Waals surface area contributed by atoms with Gasteiger partial charge in [-0.1, -0.05) is 12.1 Å². The highest BCUT2D eigenvalue weighted by atomic mass is 19.2. The second-order valence-corrected chi connectivity index (χ2v) is 6.56. The molecule has 2 aromatic carbocycles. The minimum atomic E-state index is -0.941. The van der Waals surface area contributed by atoms with Gasteiger partial charge in [-0.05, 0) is 42.3 Å². The highest BCUT2D eigenvalue weighted by Gasteiger charge is 2.43. The van der Waals surface area contributed by atoms with Crippen molar-refractivity contribution in [1.82, 2.24) is 5.32 Å². The van der Waals surface area contributed by atoms with Gasteiger partial charge in [-0.25, -0.2) is 8.78 Å². The summed E-state index contributed by atoms with van der Waals surface area (Å²) in [5.74, 6) is -1.71. The van der Waals surface area contributed by atoms with E-state index in [1.807, 2.05) is 18.2 Å². The average Bonchev–Trinajstić information content (AvgIpc) is 3.30. The van der Waals surface area contributed by atoms with Crippen molar-refractivity contribution in [3.05, 3.63) is 59.2 Å². The molecule has 3 atom stereocenters. The maximum absolute atomic E-state index is 13.7. The van der Waals surface area contributed by atoms with Crippen LogP contribution in [-0.2, 0) is 9.53 Å². The molecule has 0 aromatic heterocycles. The number of carbonyl (C=O) groups is 1. The molecule has 27 heavy (non-hydrogen) atoms. The van der Waals surface area contributed by atoms with E-state index in [-0.39, 0.29) is 25.3 Å². The number of ether oxygens (including phenoxy) is 3. The standard InChI is InChI=1S/C20H19F2NO4/c1-2-25-20(24)18-13(11-4-6-16-17(8-11)27-10-26-16)9-23-19(18)12-3-5-14(21)15(22)7-12/h3-8,13,18-19,23H,2,9-10H2,1H3. The summed E-state index contributed by atoms with van der Waals surface area (Å²) in [5, 5.41) is 3.26. The maximum atomic E-state index is 13.7. The molecule has 142 valence electrons. The Hall–Kier alpha value is -2.67. The van der Waals surface area contributed by atoms with Crippen molar-refractivity contribution in [1.29, 1.82) is 0 Å². The zero-order valence-electron chi connectivity index (χ0n) is 14.7. The van der Waals surface area contributed by atoms with Gasteiger partial charge in [-0.2, -0.15) is 0 Å². The van der Waals surface area contributed by atoms with Gasteiger partial charge in [0.05, 0.1) is 12.5 Å². The molecule has 2 heterocycles. The maximum Gasteiger partial charge on any atom is 0.311 e. The summed E-state index contributed by atoms with van der Waals surface area (Å²) in [4.78, 5) is 12.7. The summed E-state index contributed by atoms with van der Waals surface area (Å²) in [7, 11) is 0. The molecule has 0 aliphatic carbocycles. The third-order valence-electron chi connectivity index (χ3n) is 5.04. The molecule has 0 bridgehead atoms. The Labute approximate surface area is 155 Å². The van der Waals surface area contributed by atoms with Crippen molar-refractivity contribution >= 4 is 5.97 Å². The third-order valence-corrected chi connectivity index (χ3v) is 5.04. The number of benzene rings is 2. The molecule has 0 spiro atoms. The van der Waals surface area contributed by atoms with Crippen LogP contribution in [0.5, 0.6) is 11.5 Å². The molecule has 2 aromatic rings. The Morgan fingerprint density at radius 1 is 1.11 bits per heavy atom. The topological polar surface area (TPSA) is 56.8 Å². The Balaban J connectivity index is 1.69. The molecular formula is C20H19F2NO4. The first-order valence-electron chi connectivity index (χ1n) is 8.83. The summed E-state index contributed by atoms with van der Waals surface area (Å²) < 4.78 is 43.1. The van der Waals surface area contributed by atoms with Gasteiger partial charge in [0.2, 0.25) is 6.79 Å². The van der Waals surface area contributed by atoms with Crippen LogP contribution in [0.25, 0.3) is 0 Å². The summed E-state index contributed by atoms with van der Waals surface area (Å²) >= 11 is 0. The van der Waals surface area contributed by atoms with Crippen molar-refractivity contribution in [2.75, 3.05) is 19.9 Å². The lowest BCUT2D eigenvalue weighted by Crippen LogP contribution is -2.27. The number of fused-ring (bicyclic) bond motifs is 1. The van der Waals surface area contributed by atoms with Crippen LogP contribution in [0.3, 0.4) is 0 Å². The Kier molecular flexibility index (Phi) is 4.70. The smallest absolute Gasteiger partial charge is 0.311 e. The van der Waals surface area contributed by atoms with Gasteiger partial charge in [0, 0.05) is 18.5 Å². The molecule has 0 saturated carbocycles. The van der Waals surface area contributed by atoms with E-state index in [0.717, 1.165) is 17.7 Å². The second kappa shape index (κ2) is 7.15. The van der Waals surface area contributed by atoms with Crippen molar-refractivity contribution in [3.63, 3.8) is 0 Å². The highest BCUT2D eigenvalue weighted by molar-refractivity contribution is 5.76. The zero-order chi connectivity index (χ0) is 19.0. The Morgan fingerprint density at radius 2 is 1.89 bits per heavy atom. The van der Waals surface area contributed by atoms with E-state index in [9.17, 15) is 13.6 Å². The van der Waals surface area contributed by atoms with E-state index >= 15 is 0 Å². The third kappa shape index (κ3) is 3.23. The number of nitrogens with one attached hydrogen (secondary N) is 1. The van der Waals surface area contributed by atoms with Crippen LogP contribution in [-0.4, -0.2) is 25.9 Å². The fourth-order valence-corrected chi connectivity index (χ4v) is 3.78. The van der Waals surface area contributed by atoms with Crippen LogP contribution in [0.15, 0.2) is 36.4 Å². The SMILES string of the molecule is CCOC(=O)C1C(c2ccc3c(c2)OCO3)CNC1c1ccc(F)c(F)c1. The predicted octanol–water partition coefficient (Wildman–Crippen LogP) is 3.30. The van der Waals surface area contributed by atoms with Gasteiger partial charge in [0.1, 0.15) is 0 Å². The first-order chi connectivity index (χ1) is 13.1. The number of hydrogen-bond donors (Lipinski definition) is 1. The molecule has 2 aliphatic heterocycles. The molecule has 0 amide bonds. The predicted molar refractivity (Wildman–Crippen MR) is 92.5 cm³/mol. The first kappa shape index (κ1) is 17.7. The summed E-state index contributed by atoms with van der Waals surface area (Å²) in [6.45, 7) is 2.64. The fraction of sp³-hybridized carbons (Fsp3) is 0.350. The number of hydrogen-bond acceptors (Lipinski definition) is 5. The summed E-state index contributed by atoms with van der Waals surface area (Å²) in [5.41, 5.74) is 1.41. The van der Waals surface area contributed by atoms with Crippen LogP contribution in [0.1, 0.15) is 30.0 Å². The van der Waals surface area contributed by atoms with Crippen LogP contribution < -0.4 is 14.8 Å². The molecule has 4 rings (SSSR count). The molecule has 7 heteroatoms. The van der Waals surface area contributed by atoms with Crippen LogP contribution in [0.2, 0.25) is 0 Å². The van der Waals surface area contributed by atoms with Gasteiger partial charge in [0.15, 0.2) is 23.1 Å². The first-order valence-corrected chi connectivity index (χ1v) is 8.83. The molecule has 0 radical (unpaired) electrons. The molecular weight excluding hydrogens is 356 g/mol. The summed E-state index contributed by atoms with van der Waals surface area (Å²) in [6.07, 6.45) is 0. The highest BCUT2D eigenvalue weighted by Crippen LogP contribution is 2.43. The van der Waals surface area contributed by atoms with Gasteiger partial charge >= 0.3 is 5.97 Å².